The van der Waals surface area contributed by atoms with Crippen molar-refractivity contribution in [3.05, 3.63) is 28.8 Å². The lowest BCUT2D eigenvalue weighted by atomic mass is 9.93. The van der Waals surface area contributed by atoms with Crippen molar-refractivity contribution in [2.45, 2.75) is 43.4 Å². The van der Waals surface area contributed by atoms with Gasteiger partial charge in [0.25, 0.3) is 0 Å². The van der Waals surface area contributed by atoms with E-state index in [1.54, 1.807) is 21.6 Å². The molecule has 0 amide bonds. The van der Waals surface area contributed by atoms with Gasteiger partial charge in [-0.25, -0.2) is 0 Å². The molecule has 14 heavy (non-hydrogen) atoms. The van der Waals surface area contributed by atoms with E-state index in [4.69, 9.17) is 0 Å². The van der Waals surface area contributed by atoms with Crippen molar-refractivity contribution in [1.82, 2.24) is 0 Å². The fourth-order valence-electron chi connectivity index (χ4n) is 2.96. The van der Waals surface area contributed by atoms with Crippen LogP contribution < -0.4 is 0 Å². The van der Waals surface area contributed by atoms with Crippen LogP contribution in [-0.2, 0) is 12.8 Å². The van der Waals surface area contributed by atoms with Gasteiger partial charge in [0.1, 0.15) is 0 Å². The standard InChI is InChI=1S/C13H16S/c1-2-9-3-4-10-5-6-12-11(13(9)10)7-8-14-12/h5-6,9H,2-4,7-8H2,1H3. The highest BCUT2D eigenvalue weighted by atomic mass is 32.2. The van der Waals surface area contributed by atoms with Crippen molar-refractivity contribution >= 4 is 11.8 Å². The summed E-state index contributed by atoms with van der Waals surface area (Å²) >= 11 is 2.05. The summed E-state index contributed by atoms with van der Waals surface area (Å²) in [5.74, 6) is 2.18. The molecule has 0 aromatic heterocycles. The molecule has 1 aromatic rings. The van der Waals surface area contributed by atoms with E-state index in [2.05, 4.69) is 19.1 Å². The molecule has 0 spiro atoms. The lowest BCUT2D eigenvalue weighted by Crippen LogP contribution is -1.97. The molecule has 1 heterocycles. The molecule has 0 saturated carbocycles. The van der Waals surface area contributed by atoms with Crippen LogP contribution in [0.25, 0.3) is 0 Å². The van der Waals surface area contributed by atoms with Crippen molar-refractivity contribution in [2.75, 3.05) is 5.75 Å². The average Bonchev–Trinajstić information content (AvgIpc) is 2.82. The average molecular weight is 204 g/mol. The zero-order valence-corrected chi connectivity index (χ0v) is 9.49. The summed E-state index contributed by atoms with van der Waals surface area (Å²) in [6.07, 6.45) is 5.37. The SMILES string of the molecule is CCC1CCc2ccc3c(c21)CCS3. The highest BCUT2D eigenvalue weighted by molar-refractivity contribution is 7.99. The van der Waals surface area contributed by atoms with E-state index < -0.39 is 0 Å². The maximum atomic E-state index is 2.38. The molecule has 1 heteroatoms. The maximum Gasteiger partial charge on any atom is 0.0107 e. The summed E-state index contributed by atoms with van der Waals surface area (Å²) in [4.78, 5) is 1.57. The molecule has 0 nitrogen and oxygen atoms in total. The normalized spacial score (nSPS) is 23.6. The number of hydrogen-bond donors (Lipinski definition) is 0. The summed E-state index contributed by atoms with van der Waals surface area (Å²) in [5.41, 5.74) is 5.10. The second-order valence-corrected chi connectivity index (χ2v) is 5.49. The monoisotopic (exact) mass is 204 g/mol. The fraction of sp³-hybridized carbons (Fsp3) is 0.538. The van der Waals surface area contributed by atoms with Crippen LogP contribution in [0, 0.1) is 0 Å². The molecule has 1 aliphatic heterocycles. The molecular formula is C13H16S. The fourth-order valence-corrected chi connectivity index (χ4v) is 4.03. The van der Waals surface area contributed by atoms with Gasteiger partial charge in [-0.15, -0.1) is 11.8 Å². The Bertz CT molecular complexity index is 368. The van der Waals surface area contributed by atoms with Crippen LogP contribution in [0.1, 0.15) is 42.4 Å². The van der Waals surface area contributed by atoms with Gasteiger partial charge < -0.3 is 0 Å². The minimum absolute atomic E-state index is 0.874. The van der Waals surface area contributed by atoms with Crippen molar-refractivity contribution in [1.29, 1.82) is 0 Å². The molecule has 74 valence electrons. The van der Waals surface area contributed by atoms with E-state index >= 15 is 0 Å². The van der Waals surface area contributed by atoms with Crippen LogP contribution in [0.5, 0.6) is 0 Å². The van der Waals surface area contributed by atoms with Gasteiger partial charge in [-0.3, -0.25) is 0 Å². The second kappa shape index (κ2) is 3.30. The predicted molar refractivity (Wildman–Crippen MR) is 62.2 cm³/mol. The lowest BCUT2D eigenvalue weighted by Gasteiger charge is -2.13. The molecule has 0 radical (unpaired) electrons. The quantitative estimate of drug-likeness (QED) is 0.671. The summed E-state index contributed by atoms with van der Waals surface area (Å²) in [6, 6.07) is 4.73. The van der Waals surface area contributed by atoms with Crippen molar-refractivity contribution < 1.29 is 0 Å². The number of fused-ring (bicyclic) bond motifs is 3. The molecular weight excluding hydrogens is 188 g/mol. The van der Waals surface area contributed by atoms with Crippen molar-refractivity contribution in [3.63, 3.8) is 0 Å². The van der Waals surface area contributed by atoms with E-state index in [1.807, 2.05) is 11.8 Å². The number of aryl methyl sites for hydroxylation is 1. The van der Waals surface area contributed by atoms with Gasteiger partial charge in [0.15, 0.2) is 0 Å². The Balaban J connectivity index is 2.16. The Morgan fingerprint density at radius 2 is 2.29 bits per heavy atom. The zero-order valence-electron chi connectivity index (χ0n) is 8.68. The van der Waals surface area contributed by atoms with Gasteiger partial charge in [-0.05, 0) is 54.4 Å². The number of benzene rings is 1. The first kappa shape index (κ1) is 8.84. The smallest absolute Gasteiger partial charge is 0.0107 e. The van der Waals surface area contributed by atoms with E-state index in [-0.39, 0.29) is 0 Å². The molecule has 0 bridgehead atoms. The first-order valence-electron chi connectivity index (χ1n) is 5.67. The minimum atomic E-state index is 0.874. The maximum absolute atomic E-state index is 2.38. The van der Waals surface area contributed by atoms with Gasteiger partial charge in [0.2, 0.25) is 0 Å². The van der Waals surface area contributed by atoms with Crippen LogP contribution in [-0.4, -0.2) is 5.75 Å². The van der Waals surface area contributed by atoms with E-state index in [9.17, 15) is 0 Å². The summed E-state index contributed by atoms with van der Waals surface area (Å²) in [5, 5.41) is 0. The van der Waals surface area contributed by atoms with Crippen LogP contribution in [0.15, 0.2) is 17.0 Å². The summed E-state index contributed by atoms with van der Waals surface area (Å²) < 4.78 is 0. The topological polar surface area (TPSA) is 0 Å². The van der Waals surface area contributed by atoms with Gasteiger partial charge in [0, 0.05) is 10.6 Å². The molecule has 1 aromatic carbocycles. The number of rotatable bonds is 1. The largest absolute Gasteiger partial charge is 0.126 e. The van der Waals surface area contributed by atoms with Crippen molar-refractivity contribution in [3.8, 4) is 0 Å². The molecule has 0 N–H and O–H groups in total. The Kier molecular flexibility index (Phi) is 2.09. The van der Waals surface area contributed by atoms with Gasteiger partial charge in [0.05, 0.1) is 0 Å². The van der Waals surface area contributed by atoms with Crippen LogP contribution in [0.4, 0.5) is 0 Å². The zero-order chi connectivity index (χ0) is 9.54. The highest BCUT2D eigenvalue weighted by Crippen LogP contribution is 2.44. The van der Waals surface area contributed by atoms with Crippen LogP contribution in [0.2, 0.25) is 0 Å². The lowest BCUT2D eigenvalue weighted by molar-refractivity contribution is 0.651. The Morgan fingerprint density at radius 1 is 1.36 bits per heavy atom. The molecule has 1 aliphatic carbocycles. The molecule has 0 saturated heterocycles. The Morgan fingerprint density at radius 3 is 3.14 bits per heavy atom. The summed E-state index contributed by atoms with van der Waals surface area (Å²) in [7, 11) is 0. The molecule has 3 rings (SSSR count). The molecule has 1 atom stereocenters. The third kappa shape index (κ3) is 1.15. The third-order valence-corrected chi connectivity index (χ3v) is 4.78. The Labute approximate surface area is 90.1 Å². The van der Waals surface area contributed by atoms with Crippen LogP contribution in [0.3, 0.4) is 0 Å². The highest BCUT2D eigenvalue weighted by Gasteiger charge is 2.27. The third-order valence-electron chi connectivity index (χ3n) is 3.68. The number of hydrogen-bond acceptors (Lipinski definition) is 1. The van der Waals surface area contributed by atoms with Crippen molar-refractivity contribution in [2.24, 2.45) is 0 Å². The van der Waals surface area contributed by atoms with E-state index in [0.717, 1.165) is 5.92 Å². The van der Waals surface area contributed by atoms with Crippen LogP contribution >= 0.6 is 11.8 Å². The first-order chi connectivity index (χ1) is 6.90. The predicted octanol–water partition coefficient (Wildman–Crippen LogP) is 3.77. The first-order valence-corrected chi connectivity index (χ1v) is 6.66. The van der Waals surface area contributed by atoms with E-state index in [0.29, 0.717) is 0 Å². The van der Waals surface area contributed by atoms with Gasteiger partial charge >= 0.3 is 0 Å². The number of thioether (sulfide) groups is 1. The van der Waals surface area contributed by atoms with Gasteiger partial charge in [-0.1, -0.05) is 13.0 Å². The molecule has 2 aliphatic rings. The molecule has 1 unspecified atom stereocenters. The minimum Gasteiger partial charge on any atom is -0.126 e. The second-order valence-electron chi connectivity index (χ2n) is 4.36. The Hall–Kier alpha value is -0.430. The summed E-state index contributed by atoms with van der Waals surface area (Å²) in [6.45, 7) is 2.33. The van der Waals surface area contributed by atoms with Gasteiger partial charge in [-0.2, -0.15) is 0 Å². The van der Waals surface area contributed by atoms with E-state index in [1.165, 1.54) is 31.4 Å². The molecule has 0 fully saturated rings.